The first-order valence-corrected chi connectivity index (χ1v) is 5.20. The lowest BCUT2D eigenvalue weighted by molar-refractivity contribution is 0.00545. The molecule has 0 aliphatic carbocycles. The van der Waals surface area contributed by atoms with Gasteiger partial charge in [-0.15, -0.1) is 0 Å². The van der Waals surface area contributed by atoms with Crippen molar-refractivity contribution in [1.82, 2.24) is 9.55 Å². The number of halogens is 3. The number of hydrogen-bond acceptors (Lipinski definition) is 2. The number of aromatic nitrogens is 2. The number of aromatic carboxylic acids is 1. The molecular weight excluding hydrogens is 237 g/mol. The molecule has 2 unspecified atom stereocenters. The second kappa shape index (κ2) is 4.38. The molecule has 2 heterocycles. The van der Waals surface area contributed by atoms with Crippen molar-refractivity contribution < 1.29 is 23.1 Å². The second-order valence-corrected chi connectivity index (χ2v) is 4.07. The molecule has 0 spiro atoms. The number of carbonyl (C=O) groups is 1. The Bertz CT molecular complexity index is 433. The molecule has 2 atom stereocenters. The van der Waals surface area contributed by atoms with Crippen LogP contribution in [0.25, 0.3) is 0 Å². The number of fused-ring (bicyclic) bond motifs is 1. The number of alkyl halides is 3. The molecule has 4 nitrogen and oxygen atoms in total. The van der Waals surface area contributed by atoms with Crippen LogP contribution in [0.5, 0.6) is 0 Å². The molecule has 0 fully saturated rings. The zero-order valence-corrected chi connectivity index (χ0v) is 8.81. The van der Waals surface area contributed by atoms with E-state index in [4.69, 9.17) is 5.11 Å². The van der Waals surface area contributed by atoms with Crippen molar-refractivity contribution in [1.29, 1.82) is 0 Å². The molecule has 0 amide bonds. The standard InChI is InChI=1S/C10H11F3N2O2/c11-7(8(12)13)5-1-2-6-3-14-9(10(16)17)15(6)4-5/h3,5,7-8H,1-2,4H2,(H,16,17). The zero-order valence-electron chi connectivity index (χ0n) is 8.81. The molecule has 17 heavy (non-hydrogen) atoms. The fourth-order valence-corrected chi connectivity index (χ4v) is 2.11. The van der Waals surface area contributed by atoms with Crippen molar-refractivity contribution in [3.8, 4) is 0 Å². The van der Waals surface area contributed by atoms with Gasteiger partial charge in [-0.1, -0.05) is 0 Å². The summed E-state index contributed by atoms with van der Waals surface area (Å²) in [5, 5.41) is 8.84. The van der Waals surface area contributed by atoms with Crippen molar-refractivity contribution in [2.75, 3.05) is 0 Å². The molecule has 0 bridgehead atoms. The normalized spacial score (nSPS) is 21.3. The van der Waals surface area contributed by atoms with Gasteiger partial charge < -0.3 is 9.67 Å². The Morgan fingerprint density at radius 3 is 2.82 bits per heavy atom. The Kier molecular flexibility index (Phi) is 3.08. The summed E-state index contributed by atoms with van der Waals surface area (Å²) in [4.78, 5) is 14.5. The summed E-state index contributed by atoms with van der Waals surface area (Å²) in [5.41, 5.74) is 0.653. The first kappa shape index (κ1) is 11.9. The van der Waals surface area contributed by atoms with E-state index in [9.17, 15) is 18.0 Å². The number of rotatable bonds is 3. The number of nitrogens with zero attached hydrogens (tertiary/aromatic N) is 2. The summed E-state index contributed by atoms with van der Waals surface area (Å²) in [6.45, 7) is -0.0531. The lowest BCUT2D eigenvalue weighted by Gasteiger charge is -2.27. The molecular formula is C10H11F3N2O2. The lowest BCUT2D eigenvalue weighted by atomic mass is 9.93. The smallest absolute Gasteiger partial charge is 0.372 e. The van der Waals surface area contributed by atoms with E-state index in [1.54, 1.807) is 0 Å². The molecule has 2 rings (SSSR count). The van der Waals surface area contributed by atoms with Crippen LogP contribution in [0.4, 0.5) is 13.2 Å². The Labute approximate surface area is 95.1 Å². The van der Waals surface area contributed by atoms with Gasteiger partial charge in [0, 0.05) is 24.4 Å². The van der Waals surface area contributed by atoms with Crippen LogP contribution in [0.2, 0.25) is 0 Å². The first-order valence-electron chi connectivity index (χ1n) is 5.20. The van der Waals surface area contributed by atoms with E-state index >= 15 is 0 Å². The van der Waals surface area contributed by atoms with Crippen LogP contribution in [0, 0.1) is 5.92 Å². The third-order valence-corrected chi connectivity index (χ3v) is 3.01. The molecule has 1 aromatic rings. The van der Waals surface area contributed by atoms with Crippen molar-refractivity contribution in [3.05, 3.63) is 17.7 Å². The molecule has 0 radical (unpaired) electrons. The maximum absolute atomic E-state index is 13.2. The molecule has 0 saturated heterocycles. The largest absolute Gasteiger partial charge is 0.475 e. The molecule has 1 aliphatic rings. The van der Waals surface area contributed by atoms with E-state index in [0.717, 1.165) is 0 Å². The van der Waals surface area contributed by atoms with Crippen molar-refractivity contribution in [2.24, 2.45) is 5.92 Å². The van der Waals surface area contributed by atoms with Crippen molar-refractivity contribution in [2.45, 2.75) is 32.0 Å². The minimum Gasteiger partial charge on any atom is -0.475 e. The van der Waals surface area contributed by atoms with Crippen LogP contribution in [-0.2, 0) is 13.0 Å². The number of carboxylic acid groups (broad SMARTS) is 1. The molecule has 1 aliphatic heterocycles. The average Bonchev–Trinajstić information content (AvgIpc) is 2.70. The molecule has 0 saturated carbocycles. The van der Waals surface area contributed by atoms with E-state index in [-0.39, 0.29) is 18.8 Å². The highest BCUT2D eigenvalue weighted by Gasteiger charge is 2.34. The number of carboxylic acids is 1. The number of imidazole rings is 1. The summed E-state index contributed by atoms with van der Waals surface area (Å²) < 4.78 is 39.0. The van der Waals surface area contributed by atoms with E-state index in [2.05, 4.69) is 4.98 Å². The summed E-state index contributed by atoms with van der Waals surface area (Å²) in [5.74, 6) is -2.30. The Balaban J connectivity index is 2.22. The predicted octanol–water partition coefficient (Wildman–Crippen LogP) is 1.75. The van der Waals surface area contributed by atoms with E-state index in [1.807, 2.05) is 0 Å². The van der Waals surface area contributed by atoms with Crippen LogP contribution in [0.15, 0.2) is 6.20 Å². The first-order chi connectivity index (χ1) is 8.00. The third-order valence-electron chi connectivity index (χ3n) is 3.01. The van der Waals surface area contributed by atoms with Gasteiger partial charge in [-0.3, -0.25) is 0 Å². The SMILES string of the molecule is O=C(O)c1ncc2n1CC(C(F)C(F)F)CC2. The van der Waals surface area contributed by atoms with Gasteiger partial charge in [-0.05, 0) is 12.8 Å². The van der Waals surface area contributed by atoms with Crippen LogP contribution in [-0.4, -0.2) is 33.2 Å². The Morgan fingerprint density at radius 2 is 2.24 bits per heavy atom. The average molecular weight is 248 g/mol. The van der Waals surface area contributed by atoms with Crippen LogP contribution in [0.3, 0.4) is 0 Å². The minimum atomic E-state index is -3.03. The minimum absolute atomic E-state index is 0.0531. The molecule has 94 valence electrons. The number of hydrogen-bond donors (Lipinski definition) is 1. The summed E-state index contributed by atoms with van der Waals surface area (Å²) >= 11 is 0. The summed E-state index contributed by atoms with van der Waals surface area (Å²) in [6.07, 6.45) is -3.19. The summed E-state index contributed by atoms with van der Waals surface area (Å²) in [7, 11) is 0. The highest BCUT2D eigenvalue weighted by atomic mass is 19.3. The van der Waals surface area contributed by atoms with Gasteiger partial charge in [-0.2, -0.15) is 0 Å². The molecule has 0 aromatic carbocycles. The Morgan fingerprint density at radius 1 is 1.53 bits per heavy atom. The van der Waals surface area contributed by atoms with Crippen LogP contribution < -0.4 is 0 Å². The Hall–Kier alpha value is -1.53. The van der Waals surface area contributed by atoms with Gasteiger partial charge in [0.1, 0.15) is 0 Å². The monoisotopic (exact) mass is 248 g/mol. The van der Waals surface area contributed by atoms with E-state index in [1.165, 1.54) is 10.8 Å². The van der Waals surface area contributed by atoms with Crippen LogP contribution >= 0.6 is 0 Å². The predicted molar refractivity (Wildman–Crippen MR) is 51.9 cm³/mol. The summed E-state index contributed by atoms with van der Waals surface area (Å²) in [6, 6.07) is 0. The maximum Gasteiger partial charge on any atom is 0.372 e. The van der Waals surface area contributed by atoms with Gasteiger partial charge in [-0.25, -0.2) is 22.9 Å². The van der Waals surface area contributed by atoms with E-state index in [0.29, 0.717) is 12.1 Å². The van der Waals surface area contributed by atoms with Gasteiger partial charge in [0.05, 0.1) is 0 Å². The van der Waals surface area contributed by atoms with Gasteiger partial charge in [0.2, 0.25) is 5.82 Å². The molecule has 1 N–H and O–H groups in total. The van der Waals surface area contributed by atoms with E-state index < -0.39 is 24.5 Å². The highest BCUT2D eigenvalue weighted by Crippen LogP contribution is 2.28. The maximum atomic E-state index is 13.2. The van der Waals surface area contributed by atoms with Gasteiger partial charge >= 0.3 is 5.97 Å². The third kappa shape index (κ3) is 2.13. The topological polar surface area (TPSA) is 55.1 Å². The van der Waals surface area contributed by atoms with Crippen LogP contribution in [0.1, 0.15) is 22.7 Å². The van der Waals surface area contributed by atoms with Crippen molar-refractivity contribution in [3.63, 3.8) is 0 Å². The van der Waals surface area contributed by atoms with Crippen molar-refractivity contribution >= 4 is 5.97 Å². The number of aryl methyl sites for hydroxylation is 1. The quantitative estimate of drug-likeness (QED) is 0.886. The molecule has 7 heteroatoms. The fraction of sp³-hybridized carbons (Fsp3) is 0.600. The zero-order chi connectivity index (χ0) is 12.6. The second-order valence-electron chi connectivity index (χ2n) is 4.07. The fourth-order valence-electron chi connectivity index (χ4n) is 2.11. The van der Waals surface area contributed by atoms with Gasteiger partial charge in [0.25, 0.3) is 6.43 Å². The molecule has 1 aromatic heterocycles. The lowest BCUT2D eigenvalue weighted by Crippen LogP contribution is -2.32. The van der Waals surface area contributed by atoms with Gasteiger partial charge in [0.15, 0.2) is 6.17 Å². The highest BCUT2D eigenvalue weighted by molar-refractivity contribution is 5.83.